The van der Waals surface area contributed by atoms with Crippen molar-refractivity contribution in [3.8, 4) is 0 Å². The lowest BCUT2D eigenvalue weighted by Crippen LogP contribution is -2.49. The van der Waals surface area contributed by atoms with Crippen LogP contribution in [0.3, 0.4) is 0 Å². The Kier molecular flexibility index (Phi) is 4.65. The molecule has 18 heavy (non-hydrogen) atoms. The molecule has 5 heteroatoms. The summed E-state index contributed by atoms with van der Waals surface area (Å²) in [7, 11) is 0. The van der Waals surface area contributed by atoms with Gasteiger partial charge in [-0.2, -0.15) is 0 Å². The predicted molar refractivity (Wildman–Crippen MR) is 76.8 cm³/mol. The van der Waals surface area contributed by atoms with Crippen LogP contribution in [0.15, 0.2) is 22.7 Å². The second kappa shape index (κ2) is 6.04. The lowest BCUT2D eigenvalue weighted by atomic mass is 9.91. The third kappa shape index (κ3) is 3.25. The van der Waals surface area contributed by atoms with Gasteiger partial charge in [0.15, 0.2) is 0 Å². The second-order valence-electron chi connectivity index (χ2n) is 4.65. The monoisotopic (exact) mass is 330 g/mol. The Hall–Kier alpha value is -0.580. The van der Waals surface area contributed by atoms with Gasteiger partial charge in [-0.3, -0.25) is 4.79 Å². The molecule has 2 unspecified atom stereocenters. The van der Waals surface area contributed by atoms with Crippen LogP contribution in [-0.2, 0) is 0 Å². The van der Waals surface area contributed by atoms with Crippen molar-refractivity contribution in [1.82, 2.24) is 5.32 Å². The Bertz CT molecular complexity index is 453. The van der Waals surface area contributed by atoms with Crippen LogP contribution < -0.4 is 11.1 Å². The first-order valence-electron chi connectivity index (χ1n) is 6.09. The van der Waals surface area contributed by atoms with E-state index in [0.717, 1.165) is 25.7 Å². The summed E-state index contributed by atoms with van der Waals surface area (Å²) in [5, 5.41) is 3.61. The average molecular weight is 332 g/mol. The molecule has 1 amide bonds. The first-order valence-corrected chi connectivity index (χ1v) is 7.26. The number of hydrogen-bond acceptors (Lipinski definition) is 2. The fourth-order valence-corrected chi connectivity index (χ4v) is 3.12. The number of hydrogen-bond donors (Lipinski definition) is 2. The summed E-state index contributed by atoms with van der Waals surface area (Å²) in [6, 6.07) is 5.29. The highest BCUT2D eigenvalue weighted by Gasteiger charge is 2.24. The molecule has 1 aromatic carbocycles. The van der Waals surface area contributed by atoms with E-state index in [1.807, 2.05) is 0 Å². The molecule has 0 bridgehead atoms. The van der Waals surface area contributed by atoms with Crippen LogP contribution in [0.1, 0.15) is 36.0 Å². The molecule has 0 aromatic heterocycles. The summed E-state index contributed by atoms with van der Waals surface area (Å²) >= 11 is 9.21. The largest absolute Gasteiger partial charge is 0.348 e. The fraction of sp³-hybridized carbons (Fsp3) is 0.462. The summed E-state index contributed by atoms with van der Waals surface area (Å²) in [6.07, 6.45) is 4.21. The van der Waals surface area contributed by atoms with Gasteiger partial charge in [0.1, 0.15) is 0 Å². The number of carbonyl (C=O) groups is 1. The van der Waals surface area contributed by atoms with Gasteiger partial charge in [-0.1, -0.05) is 24.4 Å². The molecule has 0 saturated heterocycles. The van der Waals surface area contributed by atoms with Crippen molar-refractivity contribution in [2.75, 3.05) is 0 Å². The van der Waals surface area contributed by atoms with Crippen molar-refractivity contribution in [2.45, 2.75) is 37.8 Å². The highest BCUT2D eigenvalue weighted by Crippen LogP contribution is 2.23. The molecule has 3 nitrogen and oxygen atoms in total. The topological polar surface area (TPSA) is 55.1 Å². The van der Waals surface area contributed by atoms with Gasteiger partial charge in [0, 0.05) is 21.6 Å². The maximum atomic E-state index is 12.2. The lowest BCUT2D eigenvalue weighted by molar-refractivity contribution is 0.0920. The summed E-state index contributed by atoms with van der Waals surface area (Å²) in [5.41, 5.74) is 6.61. The Labute approximate surface area is 120 Å². The van der Waals surface area contributed by atoms with Crippen molar-refractivity contribution in [1.29, 1.82) is 0 Å². The van der Waals surface area contributed by atoms with Crippen LogP contribution in [0.2, 0.25) is 5.02 Å². The van der Waals surface area contributed by atoms with Gasteiger partial charge >= 0.3 is 0 Å². The molecule has 0 spiro atoms. The lowest BCUT2D eigenvalue weighted by Gasteiger charge is -2.29. The van der Waals surface area contributed by atoms with Crippen molar-refractivity contribution in [3.05, 3.63) is 33.3 Å². The van der Waals surface area contributed by atoms with Gasteiger partial charge in [-0.25, -0.2) is 0 Å². The number of benzene rings is 1. The maximum Gasteiger partial charge on any atom is 0.252 e. The number of carbonyl (C=O) groups excluding carboxylic acids is 1. The molecule has 3 N–H and O–H groups in total. The van der Waals surface area contributed by atoms with E-state index in [1.54, 1.807) is 18.2 Å². The van der Waals surface area contributed by atoms with Gasteiger partial charge in [0.2, 0.25) is 0 Å². The van der Waals surface area contributed by atoms with E-state index in [1.165, 1.54) is 0 Å². The van der Waals surface area contributed by atoms with Crippen LogP contribution in [-0.4, -0.2) is 18.0 Å². The molecule has 2 atom stereocenters. The maximum absolute atomic E-state index is 12.2. The van der Waals surface area contributed by atoms with E-state index in [4.69, 9.17) is 17.3 Å². The van der Waals surface area contributed by atoms with Gasteiger partial charge < -0.3 is 11.1 Å². The minimum absolute atomic E-state index is 0.0637. The Balaban J connectivity index is 2.07. The summed E-state index contributed by atoms with van der Waals surface area (Å²) in [5.74, 6) is -0.0964. The van der Waals surface area contributed by atoms with Crippen molar-refractivity contribution in [2.24, 2.45) is 5.73 Å². The molecule has 1 fully saturated rings. The summed E-state index contributed by atoms with van der Waals surface area (Å²) in [6.45, 7) is 0. The first-order chi connectivity index (χ1) is 8.58. The molecule has 0 aliphatic heterocycles. The Morgan fingerprint density at radius 3 is 2.78 bits per heavy atom. The number of halogens is 2. The third-order valence-electron chi connectivity index (χ3n) is 3.31. The van der Waals surface area contributed by atoms with Crippen LogP contribution in [0, 0.1) is 0 Å². The van der Waals surface area contributed by atoms with Gasteiger partial charge in [0.05, 0.1) is 5.56 Å². The van der Waals surface area contributed by atoms with E-state index < -0.39 is 0 Å². The molecule has 1 aromatic rings. The molecule has 1 saturated carbocycles. The van der Waals surface area contributed by atoms with Crippen LogP contribution in [0.4, 0.5) is 0 Å². The zero-order chi connectivity index (χ0) is 13.1. The second-order valence-corrected chi connectivity index (χ2v) is 5.94. The average Bonchev–Trinajstić information content (AvgIpc) is 2.32. The van der Waals surface area contributed by atoms with Crippen LogP contribution in [0.5, 0.6) is 0 Å². The van der Waals surface area contributed by atoms with Crippen molar-refractivity contribution < 1.29 is 4.79 Å². The SMILES string of the molecule is NC1CCCCC1NC(=O)c1ccc(Cl)cc1Br. The summed E-state index contributed by atoms with van der Waals surface area (Å²) in [4.78, 5) is 12.2. The van der Waals surface area contributed by atoms with E-state index in [0.29, 0.717) is 15.1 Å². The molecule has 1 aliphatic rings. The molecular weight excluding hydrogens is 316 g/mol. The quantitative estimate of drug-likeness (QED) is 0.875. The van der Waals surface area contributed by atoms with E-state index in [2.05, 4.69) is 21.2 Å². The molecule has 1 aliphatic carbocycles. The van der Waals surface area contributed by atoms with Gasteiger partial charge in [-0.15, -0.1) is 0 Å². The number of rotatable bonds is 2. The Morgan fingerprint density at radius 1 is 1.39 bits per heavy atom. The standard InChI is InChI=1S/C13H16BrClN2O/c14-10-7-8(15)5-6-9(10)13(18)17-12-4-2-1-3-11(12)16/h5-7,11-12H,1-4,16H2,(H,17,18). The van der Waals surface area contributed by atoms with E-state index in [-0.39, 0.29) is 18.0 Å². The van der Waals surface area contributed by atoms with Crippen molar-refractivity contribution in [3.63, 3.8) is 0 Å². The number of nitrogens with two attached hydrogens (primary N) is 1. The highest BCUT2D eigenvalue weighted by molar-refractivity contribution is 9.10. The smallest absolute Gasteiger partial charge is 0.252 e. The van der Waals surface area contributed by atoms with E-state index in [9.17, 15) is 4.79 Å². The third-order valence-corrected chi connectivity index (χ3v) is 4.20. The molecule has 0 radical (unpaired) electrons. The normalized spacial score (nSPS) is 23.7. The zero-order valence-electron chi connectivity index (χ0n) is 9.96. The van der Waals surface area contributed by atoms with Crippen molar-refractivity contribution >= 4 is 33.4 Å². The molecule has 98 valence electrons. The predicted octanol–water partition coefficient (Wildman–Crippen LogP) is 3.10. The Morgan fingerprint density at radius 2 is 2.11 bits per heavy atom. The van der Waals surface area contributed by atoms with Gasteiger partial charge in [-0.05, 0) is 47.0 Å². The highest BCUT2D eigenvalue weighted by atomic mass is 79.9. The minimum Gasteiger partial charge on any atom is -0.348 e. The molecule has 0 heterocycles. The molecule has 2 rings (SSSR count). The van der Waals surface area contributed by atoms with Crippen LogP contribution in [0.25, 0.3) is 0 Å². The zero-order valence-corrected chi connectivity index (χ0v) is 12.3. The first kappa shape index (κ1) is 13.8. The number of nitrogens with one attached hydrogen (secondary N) is 1. The minimum atomic E-state index is -0.0964. The summed E-state index contributed by atoms with van der Waals surface area (Å²) < 4.78 is 0.705. The number of amides is 1. The van der Waals surface area contributed by atoms with Crippen LogP contribution >= 0.6 is 27.5 Å². The molecular formula is C13H16BrClN2O. The fourth-order valence-electron chi connectivity index (χ4n) is 2.26. The van der Waals surface area contributed by atoms with E-state index >= 15 is 0 Å². The van der Waals surface area contributed by atoms with Gasteiger partial charge in [0.25, 0.3) is 5.91 Å².